The zero-order chi connectivity index (χ0) is 10.3. The fourth-order valence-electron chi connectivity index (χ4n) is 1.34. The number of likely N-dealkylation sites (tertiary alicyclic amines) is 1. The summed E-state index contributed by atoms with van der Waals surface area (Å²) in [6.07, 6.45) is 0. The fourth-order valence-corrected chi connectivity index (χ4v) is 1.34. The lowest BCUT2D eigenvalue weighted by Crippen LogP contribution is -2.61. The standard InChI is InChI=1S/C9H13FN2O/c1-8(2,4-11)7(13)12-5-9(3,10)6-12/h5-6H2,1-3H3. The molecular weight excluding hydrogens is 171 g/mol. The first-order chi connectivity index (χ1) is 5.78. The van der Waals surface area contributed by atoms with Crippen LogP contribution in [0.4, 0.5) is 4.39 Å². The lowest BCUT2D eigenvalue weighted by molar-refractivity contribution is -0.150. The Balaban J connectivity index is 2.59. The molecule has 1 saturated heterocycles. The number of halogens is 1. The molecule has 1 aliphatic rings. The zero-order valence-corrected chi connectivity index (χ0v) is 8.09. The molecule has 13 heavy (non-hydrogen) atoms. The lowest BCUT2D eigenvalue weighted by atomic mass is 9.89. The van der Waals surface area contributed by atoms with E-state index in [0.717, 1.165) is 0 Å². The van der Waals surface area contributed by atoms with E-state index in [1.807, 2.05) is 6.07 Å². The Bertz CT molecular complexity index is 270. The van der Waals surface area contributed by atoms with Crippen LogP contribution in [0.5, 0.6) is 0 Å². The van der Waals surface area contributed by atoms with Crippen LogP contribution in [0.3, 0.4) is 0 Å². The molecule has 3 nitrogen and oxygen atoms in total. The number of rotatable bonds is 1. The van der Waals surface area contributed by atoms with Crippen LogP contribution in [0, 0.1) is 16.7 Å². The number of hydrogen-bond donors (Lipinski definition) is 0. The van der Waals surface area contributed by atoms with E-state index in [2.05, 4.69) is 0 Å². The van der Waals surface area contributed by atoms with E-state index < -0.39 is 11.1 Å². The van der Waals surface area contributed by atoms with Gasteiger partial charge < -0.3 is 4.90 Å². The van der Waals surface area contributed by atoms with Gasteiger partial charge in [0.05, 0.1) is 19.2 Å². The minimum absolute atomic E-state index is 0.108. The van der Waals surface area contributed by atoms with Gasteiger partial charge in [-0.3, -0.25) is 4.79 Å². The van der Waals surface area contributed by atoms with Gasteiger partial charge in [-0.1, -0.05) is 0 Å². The van der Waals surface area contributed by atoms with Gasteiger partial charge in [-0.25, -0.2) is 4.39 Å². The van der Waals surface area contributed by atoms with E-state index in [1.165, 1.54) is 11.8 Å². The van der Waals surface area contributed by atoms with Crippen LogP contribution in [-0.2, 0) is 4.79 Å². The molecule has 0 bridgehead atoms. The predicted molar refractivity (Wildman–Crippen MR) is 45.5 cm³/mol. The Hall–Kier alpha value is -1.11. The molecule has 0 aromatic heterocycles. The Morgan fingerprint density at radius 3 is 2.38 bits per heavy atom. The number of carbonyl (C=O) groups is 1. The Labute approximate surface area is 77.1 Å². The van der Waals surface area contributed by atoms with Crippen molar-refractivity contribution in [2.45, 2.75) is 26.4 Å². The predicted octanol–water partition coefficient (Wildman–Crippen LogP) is 1.11. The first-order valence-electron chi connectivity index (χ1n) is 4.18. The van der Waals surface area contributed by atoms with E-state index in [9.17, 15) is 9.18 Å². The van der Waals surface area contributed by atoms with E-state index in [4.69, 9.17) is 5.26 Å². The third-order valence-corrected chi connectivity index (χ3v) is 2.14. The maximum absolute atomic E-state index is 13.0. The Morgan fingerprint density at radius 1 is 1.62 bits per heavy atom. The molecule has 0 aliphatic carbocycles. The maximum atomic E-state index is 13.0. The van der Waals surface area contributed by atoms with Crippen molar-refractivity contribution in [1.29, 1.82) is 5.26 Å². The second kappa shape index (κ2) is 2.69. The number of alkyl halides is 1. The molecule has 4 heteroatoms. The molecule has 0 N–H and O–H groups in total. The number of hydrogen-bond acceptors (Lipinski definition) is 2. The molecule has 0 aromatic carbocycles. The first-order valence-corrected chi connectivity index (χ1v) is 4.18. The van der Waals surface area contributed by atoms with Crippen molar-refractivity contribution in [2.75, 3.05) is 13.1 Å². The van der Waals surface area contributed by atoms with Gasteiger partial charge in [0.15, 0.2) is 0 Å². The van der Waals surface area contributed by atoms with Crippen LogP contribution in [-0.4, -0.2) is 29.6 Å². The molecular formula is C9H13FN2O. The molecule has 1 amide bonds. The highest BCUT2D eigenvalue weighted by Crippen LogP contribution is 2.29. The van der Waals surface area contributed by atoms with Gasteiger partial charge >= 0.3 is 0 Å². The smallest absolute Gasteiger partial charge is 0.242 e. The van der Waals surface area contributed by atoms with E-state index in [1.54, 1.807) is 13.8 Å². The second-order valence-corrected chi connectivity index (χ2v) is 4.31. The van der Waals surface area contributed by atoms with Gasteiger partial charge in [0.25, 0.3) is 0 Å². The molecule has 0 aromatic rings. The molecule has 1 heterocycles. The van der Waals surface area contributed by atoms with Gasteiger partial charge in [0, 0.05) is 0 Å². The van der Waals surface area contributed by atoms with Crippen molar-refractivity contribution in [3.05, 3.63) is 0 Å². The highest BCUT2D eigenvalue weighted by molar-refractivity contribution is 5.85. The molecule has 1 aliphatic heterocycles. The van der Waals surface area contributed by atoms with Crippen molar-refractivity contribution in [1.82, 2.24) is 4.90 Å². The zero-order valence-electron chi connectivity index (χ0n) is 8.09. The minimum Gasteiger partial charge on any atom is -0.335 e. The number of nitriles is 1. The average Bonchev–Trinajstić information content (AvgIpc) is 1.98. The van der Waals surface area contributed by atoms with Crippen molar-refractivity contribution in [3.8, 4) is 6.07 Å². The van der Waals surface area contributed by atoms with E-state index >= 15 is 0 Å². The molecule has 1 fully saturated rings. The summed E-state index contributed by atoms with van der Waals surface area (Å²) in [7, 11) is 0. The van der Waals surface area contributed by atoms with Crippen molar-refractivity contribution < 1.29 is 9.18 Å². The van der Waals surface area contributed by atoms with Crippen LogP contribution >= 0.6 is 0 Å². The summed E-state index contributed by atoms with van der Waals surface area (Å²) >= 11 is 0. The van der Waals surface area contributed by atoms with Crippen LogP contribution in [0.15, 0.2) is 0 Å². The quantitative estimate of drug-likeness (QED) is 0.612. The first kappa shape index (κ1) is 9.97. The second-order valence-electron chi connectivity index (χ2n) is 4.31. The van der Waals surface area contributed by atoms with Crippen molar-refractivity contribution >= 4 is 5.91 Å². The monoisotopic (exact) mass is 184 g/mol. The summed E-state index contributed by atoms with van der Waals surface area (Å²) in [5, 5.41) is 8.67. The summed E-state index contributed by atoms with van der Waals surface area (Å²) in [5.41, 5.74) is -2.29. The summed E-state index contributed by atoms with van der Waals surface area (Å²) in [5.74, 6) is -0.287. The normalized spacial score (nSPS) is 20.4. The molecule has 0 atom stereocenters. The molecule has 1 rings (SSSR count). The molecule has 0 unspecified atom stereocenters. The number of carbonyl (C=O) groups excluding carboxylic acids is 1. The summed E-state index contributed by atoms with van der Waals surface area (Å²) in [6.45, 7) is 4.76. The van der Waals surface area contributed by atoms with Crippen molar-refractivity contribution in [3.63, 3.8) is 0 Å². The van der Waals surface area contributed by atoms with Crippen LogP contribution < -0.4 is 0 Å². The number of nitrogens with zero attached hydrogens (tertiary/aromatic N) is 2. The summed E-state index contributed by atoms with van der Waals surface area (Å²) < 4.78 is 13.0. The average molecular weight is 184 g/mol. The summed E-state index contributed by atoms with van der Waals surface area (Å²) in [6, 6.07) is 1.90. The lowest BCUT2D eigenvalue weighted by Gasteiger charge is -2.44. The van der Waals surface area contributed by atoms with Gasteiger partial charge in [-0.2, -0.15) is 5.26 Å². The largest absolute Gasteiger partial charge is 0.335 e. The van der Waals surface area contributed by atoms with Crippen LogP contribution in [0.1, 0.15) is 20.8 Å². The molecule has 0 saturated carbocycles. The van der Waals surface area contributed by atoms with E-state index in [-0.39, 0.29) is 19.0 Å². The van der Waals surface area contributed by atoms with Gasteiger partial charge in [-0.05, 0) is 20.8 Å². The minimum atomic E-state index is -1.26. The van der Waals surface area contributed by atoms with E-state index in [0.29, 0.717) is 0 Å². The maximum Gasteiger partial charge on any atom is 0.242 e. The van der Waals surface area contributed by atoms with Gasteiger partial charge in [-0.15, -0.1) is 0 Å². The summed E-state index contributed by atoms with van der Waals surface area (Å²) in [4.78, 5) is 12.9. The Kier molecular flexibility index (Phi) is 2.07. The SMILES string of the molecule is CC1(F)CN(C(=O)C(C)(C)C#N)C1. The van der Waals surface area contributed by atoms with Crippen LogP contribution in [0.2, 0.25) is 0 Å². The topological polar surface area (TPSA) is 44.1 Å². The molecule has 0 radical (unpaired) electrons. The van der Waals surface area contributed by atoms with Crippen LogP contribution in [0.25, 0.3) is 0 Å². The van der Waals surface area contributed by atoms with Crippen molar-refractivity contribution in [2.24, 2.45) is 5.41 Å². The number of amides is 1. The van der Waals surface area contributed by atoms with Gasteiger partial charge in [0.1, 0.15) is 11.1 Å². The fraction of sp³-hybridized carbons (Fsp3) is 0.778. The van der Waals surface area contributed by atoms with Gasteiger partial charge in [0.2, 0.25) is 5.91 Å². The Morgan fingerprint density at radius 2 is 2.08 bits per heavy atom. The highest BCUT2D eigenvalue weighted by Gasteiger charge is 2.45. The third-order valence-electron chi connectivity index (χ3n) is 2.14. The third kappa shape index (κ3) is 1.80. The highest BCUT2D eigenvalue weighted by atomic mass is 19.1. The molecule has 0 spiro atoms. The molecule has 72 valence electrons.